The lowest BCUT2D eigenvalue weighted by atomic mass is 10.2. The van der Waals surface area contributed by atoms with Crippen molar-refractivity contribution in [3.05, 3.63) is 42.2 Å². The Balaban J connectivity index is 1.39. The minimum absolute atomic E-state index is 0.329. The SMILES string of the molecule is C=CCn1c(CN(C)Cc2ccc3c(c2)OCCO3)nnc1SC[C@@H]1CCCO1. The molecule has 0 saturated carbocycles. The summed E-state index contributed by atoms with van der Waals surface area (Å²) in [4.78, 5) is 2.23. The normalized spacial score (nSPS) is 18.3. The number of fused-ring (bicyclic) bond motifs is 1. The van der Waals surface area contributed by atoms with E-state index >= 15 is 0 Å². The summed E-state index contributed by atoms with van der Waals surface area (Å²) in [7, 11) is 2.09. The molecule has 4 rings (SSSR count). The molecule has 8 heteroatoms. The minimum Gasteiger partial charge on any atom is -0.486 e. The second kappa shape index (κ2) is 9.65. The Morgan fingerprint density at radius 1 is 1.21 bits per heavy atom. The average molecular weight is 417 g/mol. The van der Waals surface area contributed by atoms with Gasteiger partial charge in [0.05, 0.1) is 12.6 Å². The van der Waals surface area contributed by atoms with Gasteiger partial charge in [0.15, 0.2) is 16.7 Å². The van der Waals surface area contributed by atoms with Gasteiger partial charge < -0.3 is 18.8 Å². The van der Waals surface area contributed by atoms with Crippen molar-refractivity contribution >= 4 is 11.8 Å². The highest BCUT2D eigenvalue weighted by molar-refractivity contribution is 7.99. The van der Waals surface area contributed by atoms with Crippen LogP contribution in [0.15, 0.2) is 36.0 Å². The topological polar surface area (TPSA) is 61.6 Å². The van der Waals surface area contributed by atoms with Gasteiger partial charge in [0.2, 0.25) is 0 Å². The van der Waals surface area contributed by atoms with E-state index in [0.29, 0.717) is 32.4 Å². The number of thioether (sulfide) groups is 1. The Bertz CT molecular complexity index is 835. The molecule has 1 atom stereocenters. The summed E-state index contributed by atoms with van der Waals surface area (Å²) in [5.41, 5.74) is 1.18. The van der Waals surface area contributed by atoms with Gasteiger partial charge in [-0.05, 0) is 37.6 Å². The lowest BCUT2D eigenvalue weighted by molar-refractivity contribution is 0.129. The van der Waals surface area contributed by atoms with Crippen LogP contribution in [0.1, 0.15) is 24.2 Å². The Labute approximate surface area is 176 Å². The third kappa shape index (κ3) is 5.12. The van der Waals surface area contributed by atoms with E-state index in [1.807, 2.05) is 12.1 Å². The predicted molar refractivity (Wildman–Crippen MR) is 113 cm³/mol. The van der Waals surface area contributed by atoms with Gasteiger partial charge >= 0.3 is 0 Å². The number of ether oxygens (including phenoxy) is 3. The fourth-order valence-electron chi connectivity index (χ4n) is 3.59. The first-order chi connectivity index (χ1) is 14.2. The van der Waals surface area contributed by atoms with Gasteiger partial charge in [-0.25, -0.2) is 0 Å². The van der Waals surface area contributed by atoms with E-state index in [2.05, 4.69) is 45.4 Å². The molecule has 0 spiro atoms. The molecule has 0 aliphatic carbocycles. The zero-order valence-electron chi connectivity index (χ0n) is 16.9. The van der Waals surface area contributed by atoms with Gasteiger partial charge in [-0.2, -0.15) is 0 Å². The Morgan fingerprint density at radius 3 is 2.86 bits per heavy atom. The van der Waals surface area contributed by atoms with Gasteiger partial charge in [-0.15, -0.1) is 16.8 Å². The van der Waals surface area contributed by atoms with Crippen molar-refractivity contribution in [1.82, 2.24) is 19.7 Å². The Hall–Kier alpha value is -2.03. The fourth-order valence-corrected chi connectivity index (χ4v) is 4.63. The highest BCUT2D eigenvalue weighted by Crippen LogP contribution is 2.31. The van der Waals surface area contributed by atoms with Gasteiger partial charge in [-0.1, -0.05) is 23.9 Å². The number of hydrogen-bond donors (Lipinski definition) is 0. The van der Waals surface area contributed by atoms with E-state index in [0.717, 1.165) is 54.2 Å². The first kappa shape index (κ1) is 20.3. The number of nitrogens with zero attached hydrogens (tertiary/aromatic N) is 4. The van der Waals surface area contributed by atoms with Crippen molar-refractivity contribution < 1.29 is 14.2 Å². The molecular formula is C21H28N4O3S. The number of rotatable bonds is 9. The fraction of sp³-hybridized carbons (Fsp3) is 0.524. The summed E-state index contributed by atoms with van der Waals surface area (Å²) >= 11 is 1.72. The van der Waals surface area contributed by atoms with Crippen LogP contribution < -0.4 is 9.47 Å². The summed E-state index contributed by atoms with van der Waals surface area (Å²) in [6.07, 6.45) is 4.51. The lowest BCUT2D eigenvalue weighted by Crippen LogP contribution is -2.21. The minimum atomic E-state index is 0.329. The summed E-state index contributed by atoms with van der Waals surface area (Å²) < 4.78 is 19.2. The number of allylic oxidation sites excluding steroid dienone is 1. The van der Waals surface area contributed by atoms with Crippen molar-refractivity contribution in [3.63, 3.8) is 0 Å². The van der Waals surface area contributed by atoms with Crippen LogP contribution in [0.2, 0.25) is 0 Å². The van der Waals surface area contributed by atoms with Crippen LogP contribution in [-0.2, 0) is 24.4 Å². The van der Waals surface area contributed by atoms with Gasteiger partial charge in [0.1, 0.15) is 19.0 Å². The summed E-state index contributed by atoms with van der Waals surface area (Å²) in [6, 6.07) is 6.13. The molecule has 1 saturated heterocycles. The van der Waals surface area contributed by atoms with E-state index < -0.39 is 0 Å². The third-order valence-electron chi connectivity index (χ3n) is 5.00. The van der Waals surface area contributed by atoms with Crippen LogP contribution >= 0.6 is 11.8 Å². The molecule has 1 fully saturated rings. The van der Waals surface area contributed by atoms with Crippen molar-refractivity contribution in [2.45, 2.75) is 43.7 Å². The Kier molecular flexibility index (Phi) is 6.74. The van der Waals surface area contributed by atoms with Crippen LogP contribution in [0.5, 0.6) is 11.5 Å². The summed E-state index contributed by atoms with van der Waals surface area (Å²) in [5, 5.41) is 9.81. The third-order valence-corrected chi connectivity index (χ3v) is 6.10. The zero-order chi connectivity index (χ0) is 20.1. The maximum Gasteiger partial charge on any atom is 0.191 e. The molecule has 3 heterocycles. The van der Waals surface area contributed by atoms with Crippen LogP contribution in [-0.4, -0.2) is 58.4 Å². The van der Waals surface area contributed by atoms with Crippen molar-refractivity contribution in [3.8, 4) is 11.5 Å². The highest BCUT2D eigenvalue weighted by atomic mass is 32.2. The molecule has 1 aromatic heterocycles. The monoisotopic (exact) mass is 416 g/mol. The summed E-state index contributed by atoms with van der Waals surface area (Å²) in [6.45, 7) is 8.17. The van der Waals surface area contributed by atoms with Crippen molar-refractivity contribution in [1.29, 1.82) is 0 Å². The molecular weight excluding hydrogens is 388 g/mol. The van der Waals surface area contributed by atoms with E-state index in [9.17, 15) is 0 Å². The molecule has 29 heavy (non-hydrogen) atoms. The summed E-state index contributed by atoms with van der Waals surface area (Å²) in [5.74, 6) is 3.51. The maximum absolute atomic E-state index is 5.73. The smallest absolute Gasteiger partial charge is 0.191 e. The number of benzene rings is 1. The highest BCUT2D eigenvalue weighted by Gasteiger charge is 2.19. The van der Waals surface area contributed by atoms with Crippen LogP contribution in [0.3, 0.4) is 0 Å². The first-order valence-electron chi connectivity index (χ1n) is 10.1. The van der Waals surface area contributed by atoms with Gasteiger partial charge in [0, 0.05) is 25.4 Å². The lowest BCUT2D eigenvalue weighted by Gasteiger charge is -2.21. The molecule has 156 valence electrons. The van der Waals surface area contributed by atoms with Gasteiger partial charge in [0.25, 0.3) is 0 Å². The second-order valence-electron chi connectivity index (χ2n) is 7.39. The van der Waals surface area contributed by atoms with E-state index in [1.165, 1.54) is 5.56 Å². The molecule has 0 amide bonds. The number of hydrogen-bond acceptors (Lipinski definition) is 7. The first-order valence-corrected chi connectivity index (χ1v) is 11.1. The van der Waals surface area contributed by atoms with Crippen molar-refractivity contribution in [2.75, 3.05) is 32.6 Å². The van der Waals surface area contributed by atoms with Crippen molar-refractivity contribution in [2.24, 2.45) is 0 Å². The predicted octanol–water partition coefficient (Wildman–Crippen LogP) is 3.14. The maximum atomic E-state index is 5.73. The second-order valence-corrected chi connectivity index (χ2v) is 8.38. The van der Waals surface area contributed by atoms with E-state index in [4.69, 9.17) is 14.2 Å². The largest absolute Gasteiger partial charge is 0.486 e. The molecule has 1 aromatic carbocycles. The average Bonchev–Trinajstić information content (AvgIpc) is 3.37. The quantitative estimate of drug-likeness (QED) is 0.460. The number of aromatic nitrogens is 3. The van der Waals surface area contributed by atoms with E-state index in [1.54, 1.807) is 11.8 Å². The molecule has 0 bridgehead atoms. The molecule has 0 unspecified atom stereocenters. The van der Waals surface area contributed by atoms with E-state index in [-0.39, 0.29) is 0 Å². The van der Waals surface area contributed by atoms with Gasteiger partial charge in [-0.3, -0.25) is 4.90 Å². The van der Waals surface area contributed by atoms with Crippen LogP contribution in [0.4, 0.5) is 0 Å². The molecule has 2 aliphatic heterocycles. The molecule has 2 aliphatic rings. The zero-order valence-corrected chi connectivity index (χ0v) is 17.7. The Morgan fingerprint density at radius 2 is 2.07 bits per heavy atom. The van der Waals surface area contributed by atoms with Crippen LogP contribution in [0.25, 0.3) is 0 Å². The molecule has 0 N–H and O–H groups in total. The molecule has 0 radical (unpaired) electrons. The standard InChI is InChI=1S/C21H28N4O3S/c1-3-8-25-20(22-23-21(25)29-15-17-5-4-9-26-17)14-24(2)13-16-6-7-18-19(12-16)28-11-10-27-18/h3,6-7,12,17H,1,4-5,8-11,13-15H2,2H3/t17-/m0/s1. The molecule has 2 aromatic rings. The van der Waals surface area contributed by atoms with Crippen LogP contribution in [0, 0.1) is 0 Å². The molecule has 7 nitrogen and oxygen atoms in total.